The molecule has 1 aromatic rings. The molecule has 1 aliphatic heterocycles. The summed E-state index contributed by atoms with van der Waals surface area (Å²) in [5.41, 5.74) is 0.971. The number of amides is 2. The van der Waals surface area contributed by atoms with Crippen LogP contribution >= 0.6 is 0 Å². The molecule has 0 saturated carbocycles. The van der Waals surface area contributed by atoms with E-state index >= 15 is 0 Å². The van der Waals surface area contributed by atoms with Gasteiger partial charge in [-0.15, -0.1) is 0 Å². The second kappa shape index (κ2) is 6.93. The maximum atomic E-state index is 12.2. The van der Waals surface area contributed by atoms with Gasteiger partial charge in [-0.1, -0.05) is 0 Å². The van der Waals surface area contributed by atoms with Crippen molar-refractivity contribution in [3.63, 3.8) is 0 Å². The van der Waals surface area contributed by atoms with Gasteiger partial charge in [-0.3, -0.25) is 14.8 Å². The van der Waals surface area contributed by atoms with E-state index in [1.54, 1.807) is 6.20 Å². The number of methoxy groups -OCH3 is 1. The maximum Gasteiger partial charge on any atom is 0.410 e. The number of carbonyl (C=O) groups excluding carboxylic acids is 2. The summed E-state index contributed by atoms with van der Waals surface area (Å²) in [6, 6.07) is 1.45. The van der Waals surface area contributed by atoms with Crippen molar-refractivity contribution in [2.75, 3.05) is 20.2 Å². The van der Waals surface area contributed by atoms with Crippen LogP contribution < -0.4 is 5.32 Å². The van der Waals surface area contributed by atoms with E-state index < -0.39 is 12.1 Å². The standard InChI is InChI=1S/C13H20N4O3/c1-20-13(19)17-9-3-2-4-11(17)12(18)14-7-5-10-6-8-15-16-10/h6,8,11H,2-5,7,9H2,1H3,(H,14,18)(H,15,16). The summed E-state index contributed by atoms with van der Waals surface area (Å²) in [5.74, 6) is -0.116. The van der Waals surface area contributed by atoms with Crippen LogP contribution in [0.3, 0.4) is 0 Å². The van der Waals surface area contributed by atoms with Crippen molar-refractivity contribution in [1.82, 2.24) is 20.4 Å². The lowest BCUT2D eigenvalue weighted by Crippen LogP contribution is -2.52. The number of rotatable bonds is 4. The minimum atomic E-state index is -0.432. The molecule has 0 aromatic carbocycles. The Morgan fingerprint density at radius 3 is 3.10 bits per heavy atom. The van der Waals surface area contributed by atoms with Gasteiger partial charge >= 0.3 is 6.09 Å². The first kappa shape index (κ1) is 14.4. The van der Waals surface area contributed by atoms with Crippen LogP contribution in [0.1, 0.15) is 25.0 Å². The van der Waals surface area contributed by atoms with E-state index in [-0.39, 0.29) is 5.91 Å². The Morgan fingerprint density at radius 1 is 1.55 bits per heavy atom. The third kappa shape index (κ3) is 3.49. The zero-order valence-electron chi connectivity index (χ0n) is 11.6. The summed E-state index contributed by atoms with van der Waals surface area (Å²) >= 11 is 0. The molecule has 0 bridgehead atoms. The van der Waals surface area contributed by atoms with Crippen LogP contribution in [-0.2, 0) is 16.0 Å². The predicted molar refractivity (Wildman–Crippen MR) is 72.1 cm³/mol. The fourth-order valence-corrected chi connectivity index (χ4v) is 2.40. The van der Waals surface area contributed by atoms with Gasteiger partial charge in [0.2, 0.25) is 5.91 Å². The molecule has 1 saturated heterocycles. The summed E-state index contributed by atoms with van der Waals surface area (Å²) in [6.07, 6.45) is 4.48. The van der Waals surface area contributed by atoms with Crippen molar-refractivity contribution in [2.24, 2.45) is 0 Å². The van der Waals surface area contributed by atoms with Gasteiger partial charge in [0.1, 0.15) is 6.04 Å². The molecule has 7 nitrogen and oxygen atoms in total. The van der Waals surface area contributed by atoms with Crippen LogP contribution in [0, 0.1) is 0 Å². The van der Waals surface area contributed by atoms with Gasteiger partial charge in [0.05, 0.1) is 7.11 Å². The molecule has 20 heavy (non-hydrogen) atoms. The highest BCUT2D eigenvalue weighted by atomic mass is 16.5. The zero-order chi connectivity index (χ0) is 14.4. The van der Waals surface area contributed by atoms with Crippen LogP contribution in [0.4, 0.5) is 4.79 Å². The fraction of sp³-hybridized carbons (Fsp3) is 0.615. The number of carbonyl (C=O) groups is 2. The van der Waals surface area contributed by atoms with Crippen molar-refractivity contribution in [2.45, 2.75) is 31.7 Å². The molecule has 1 unspecified atom stereocenters. The Morgan fingerprint density at radius 2 is 2.40 bits per heavy atom. The lowest BCUT2D eigenvalue weighted by Gasteiger charge is -2.33. The Balaban J connectivity index is 1.84. The lowest BCUT2D eigenvalue weighted by molar-refractivity contribution is -0.126. The van der Waals surface area contributed by atoms with Crippen molar-refractivity contribution >= 4 is 12.0 Å². The first-order valence-electron chi connectivity index (χ1n) is 6.83. The van der Waals surface area contributed by atoms with E-state index in [0.29, 0.717) is 25.9 Å². The summed E-state index contributed by atoms with van der Waals surface area (Å²) < 4.78 is 4.73. The van der Waals surface area contributed by atoms with Gasteiger partial charge in [-0.05, 0) is 25.3 Å². The highest BCUT2D eigenvalue weighted by molar-refractivity contribution is 5.85. The number of nitrogens with one attached hydrogen (secondary N) is 2. The van der Waals surface area contributed by atoms with Crippen molar-refractivity contribution in [3.8, 4) is 0 Å². The SMILES string of the molecule is COC(=O)N1CCCCC1C(=O)NCCc1ccn[nH]1. The van der Waals surface area contributed by atoms with Gasteiger partial charge < -0.3 is 10.1 Å². The monoisotopic (exact) mass is 280 g/mol. The number of aromatic amines is 1. The molecule has 2 heterocycles. The van der Waals surface area contributed by atoms with Crippen LogP contribution in [0.25, 0.3) is 0 Å². The summed E-state index contributed by atoms with van der Waals surface area (Å²) in [6.45, 7) is 1.10. The van der Waals surface area contributed by atoms with Gasteiger partial charge in [-0.25, -0.2) is 4.79 Å². The topological polar surface area (TPSA) is 87.3 Å². The average Bonchev–Trinajstić information content (AvgIpc) is 2.99. The number of nitrogens with zero attached hydrogens (tertiary/aromatic N) is 2. The van der Waals surface area contributed by atoms with Crippen LogP contribution in [0.5, 0.6) is 0 Å². The van der Waals surface area contributed by atoms with Crippen molar-refractivity contribution in [1.29, 1.82) is 0 Å². The number of hydrogen-bond donors (Lipinski definition) is 2. The molecule has 1 aromatic heterocycles. The Hall–Kier alpha value is -2.05. The normalized spacial score (nSPS) is 18.6. The first-order valence-corrected chi connectivity index (χ1v) is 6.83. The molecule has 2 amide bonds. The highest BCUT2D eigenvalue weighted by Crippen LogP contribution is 2.18. The van der Waals surface area contributed by atoms with Crippen molar-refractivity contribution < 1.29 is 14.3 Å². The molecule has 0 spiro atoms. The smallest absolute Gasteiger partial charge is 0.410 e. The van der Waals surface area contributed by atoms with Crippen LogP contribution in [0.15, 0.2) is 12.3 Å². The third-order valence-corrected chi connectivity index (χ3v) is 3.47. The molecule has 0 radical (unpaired) electrons. The molecule has 110 valence electrons. The van der Waals surface area contributed by atoms with Gasteiger partial charge in [0.15, 0.2) is 0 Å². The summed E-state index contributed by atoms with van der Waals surface area (Å²) in [7, 11) is 1.34. The Bertz CT molecular complexity index is 446. The number of H-pyrrole nitrogens is 1. The Labute approximate surface area is 117 Å². The highest BCUT2D eigenvalue weighted by Gasteiger charge is 2.32. The molecular formula is C13H20N4O3. The van der Waals surface area contributed by atoms with Gasteiger partial charge in [0, 0.05) is 31.4 Å². The van der Waals surface area contributed by atoms with Crippen LogP contribution in [-0.4, -0.2) is 53.3 Å². The molecule has 1 fully saturated rings. The molecule has 1 aliphatic rings. The number of likely N-dealkylation sites (tertiary alicyclic amines) is 1. The molecular weight excluding hydrogens is 260 g/mol. The number of piperidine rings is 1. The summed E-state index contributed by atoms with van der Waals surface area (Å²) in [5, 5.41) is 9.55. The van der Waals surface area contributed by atoms with Crippen LogP contribution in [0.2, 0.25) is 0 Å². The number of ether oxygens (including phenoxy) is 1. The predicted octanol–water partition coefficient (Wildman–Crippen LogP) is 0.689. The lowest BCUT2D eigenvalue weighted by atomic mass is 10.0. The van der Waals surface area contributed by atoms with Gasteiger partial charge in [0.25, 0.3) is 0 Å². The molecule has 7 heteroatoms. The fourth-order valence-electron chi connectivity index (χ4n) is 2.40. The second-order valence-corrected chi connectivity index (χ2v) is 4.80. The zero-order valence-corrected chi connectivity index (χ0v) is 11.6. The molecule has 0 aliphatic carbocycles. The largest absolute Gasteiger partial charge is 0.453 e. The van der Waals surface area contributed by atoms with Gasteiger partial charge in [-0.2, -0.15) is 5.10 Å². The van der Waals surface area contributed by atoms with E-state index in [1.807, 2.05) is 6.07 Å². The maximum absolute atomic E-state index is 12.2. The molecule has 2 rings (SSSR count). The van der Waals surface area contributed by atoms with E-state index in [0.717, 1.165) is 18.5 Å². The summed E-state index contributed by atoms with van der Waals surface area (Å²) in [4.78, 5) is 25.3. The molecule has 1 atom stereocenters. The Kier molecular flexibility index (Phi) is 4.97. The number of aromatic nitrogens is 2. The minimum Gasteiger partial charge on any atom is -0.453 e. The average molecular weight is 280 g/mol. The molecule has 2 N–H and O–H groups in total. The first-order chi connectivity index (χ1) is 9.72. The van der Waals surface area contributed by atoms with E-state index in [4.69, 9.17) is 4.74 Å². The quantitative estimate of drug-likeness (QED) is 0.849. The third-order valence-electron chi connectivity index (χ3n) is 3.47. The minimum absolute atomic E-state index is 0.116. The second-order valence-electron chi connectivity index (χ2n) is 4.80. The number of hydrogen-bond acceptors (Lipinski definition) is 4. The van der Waals surface area contributed by atoms with E-state index in [2.05, 4.69) is 15.5 Å². The van der Waals surface area contributed by atoms with E-state index in [9.17, 15) is 9.59 Å². The van der Waals surface area contributed by atoms with Crippen molar-refractivity contribution in [3.05, 3.63) is 18.0 Å². The van der Waals surface area contributed by atoms with E-state index in [1.165, 1.54) is 12.0 Å².